The topological polar surface area (TPSA) is 87.9 Å². The minimum Gasteiger partial charge on any atom is -0.370 e. The van der Waals surface area contributed by atoms with Gasteiger partial charge in [0, 0.05) is 31.9 Å². The van der Waals surface area contributed by atoms with E-state index < -0.39 is 29.6 Å². The standard InChI is InChI=1S/C22H33F3N4O3/c1-14(2)11-28(12-15(3)4)19(10-26)21(31)27-18-6-5-16(9-17(18)22(23,24)25)29-7-8-32-13-20(29)30/h5-6,9,14-15,19H,7-8,10-13,26H2,1-4H3,(H,27,31)/t19-/m0/s1. The Morgan fingerprint density at radius 1 is 1.22 bits per heavy atom. The molecule has 1 heterocycles. The number of ether oxygens (including phenoxy) is 1. The van der Waals surface area contributed by atoms with E-state index in [4.69, 9.17) is 10.5 Å². The molecule has 0 radical (unpaired) electrons. The number of morpholine rings is 1. The molecule has 10 heteroatoms. The van der Waals surface area contributed by atoms with Gasteiger partial charge in [0.2, 0.25) is 5.91 Å². The summed E-state index contributed by atoms with van der Waals surface area (Å²) in [5, 5.41) is 2.43. The number of hydrogen-bond donors (Lipinski definition) is 2. The molecule has 0 unspecified atom stereocenters. The maximum Gasteiger partial charge on any atom is 0.418 e. The molecular weight excluding hydrogens is 425 g/mol. The van der Waals surface area contributed by atoms with Gasteiger partial charge in [-0.15, -0.1) is 0 Å². The first-order chi connectivity index (χ1) is 14.9. The lowest BCUT2D eigenvalue weighted by Gasteiger charge is -2.33. The molecule has 32 heavy (non-hydrogen) atoms. The molecule has 0 saturated carbocycles. The molecule has 0 bridgehead atoms. The Balaban J connectivity index is 2.32. The van der Waals surface area contributed by atoms with E-state index in [0.29, 0.717) is 13.1 Å². The number of halogens is 3. The van der Waals surface area contributed by atoms with Crippen LogP contribution in [0.5, 0.6) is 0 Å². The third kappa shape index (κ3) is 6.91. The van der Waals surface area contributed by atoms with E-state index in [1.807, 2.05) is 32.6 Å². The van der Waals surface area contributed by atoms with E-state index in [9.17, 15) is 22.8 Å². The number of nitrogens with one attached hydrogen (secondary N) is 1. The summed E-state index contributed by atoms with van der Waals surface area (Å²) in [6.45, 7) is 9.42. The van der Waals surface area contributed by atoms with Gasteiger partial charge in [-0.2, -0.15) is 13.2 Å². The summed E-state index contributed by atoms with van der Waals surface area (Å²) in [5.74, 6) is -0.491. The Morgan fingerprint density at radius 3 is 2.34 bits per heavy atom. The van der Waals surface area contributed by atoms with Crippen LogP contribution in [0, 0.1) is 11.8 Å². The van der Waals surface area contributed by atoms with E-state index in [0.717, 1.165) is 6.07 Å². The van der Waals surface area contributed by atoms with Crippen LogP contribution >= 0.6 is 0 Å². The number of nitrogens with two attached hydrogens (primary N) is 1. The zero-order chi connectivity index (χ0) is 24.1. The first-order valence-corrected chi connectivity index (χ1v) is 10.8. The van der Waals surface area contributed by atoms with Crippen molar-refractivity contribution in [3.8, 4) is 0 Å². The van der Waals surface area contributed by atoms with Crippen molar-refractivity contribution in [2.24, 2.45) is 17.6 Å². The van der Waals surface area contributed by atoms with Crippen LogP contribution in [0.2, 0.25) is 0 Å². The summed E-state index contributed by atoms with van der Waals surface area (Å²) in [4.78, 5) is 28.2. The summed E-state index contributed by atoms with van der Waals surface area (Å²) < 4.78 is 46.5. The first kappa shape index (κ1) is 26.1. The van der Waals surface area contributed by atoms with Gasteiger partial charge in [0.1, 0.15) is 12.6 Å². The molecule has 2 amide bonds. The quantitative estimate of drug-likeness (QED) is 0.594. The van der Waals surface area contributed by atoms with Crippen molar-refractivity contribution in [1.82, 2.24) is 4.90 Å². The van der Waals surface area contributed by atoms with Crippen LogP contribution in [-0.4, -0.2) is 62.1 Å². The molecule has 0 spiro atoms. The normalized spacial score (nSPS) is 16.2. The fourth-order valence-electron chi connectivity index (χ4n) is 3.74. The second-order valence-corrected chi connectivity index (χ2v) is 8.81. The van der Waals surface area contributed by atoms with Crippen LogP contribution in [0.25, 0.3) is 0 Å². The van der Waals surface area contributed by atoms with Crippen molar-refractivity contribution in [1.29, 1.82) is 0 Å². The SMILES string of the molecule is CC(C)CN(CC(C)C)[C@@H](CN)C(=O)Nc1ccc(N2CCOCC2=O)cc1C(F)(F)F. The molecule has 1 aliphatic heterocycles. The van der Waals surface area contributed by atoms with Gasteiger partial charge in [-0.25, -0.2) is 0 Å². The molecule has 180 valence electrons. The summed E-state index contributed by atoms with van der Waals surface area (Å²) in [6.07, 6.45) is -4.72. The van der Waals surface area contributed by atoms with E-state index in [-0.39, 0.29) is 49.5 Å². The molecule has 1 atom stereocenters. The number of rotatable bonds is 9. The zero-order valence-corrected chi connectivity index (χ0v) is 19.0. The number of anilines is 2. The second kappa shape index (κ2) is 11.1. The van der Waals surface area contributed by atoms with Crippen LogP contribution in [0.15, 0.2) is 18.2 Å². The van der Waals surface area contributed by atoms with Gasteiger partial charge >= 0.3 is 6.18 Å². The molecule has 1 aromatic rings. The van der Waals surface area contributed by atoms with E-state index >= 15 is 0 Å². The Labute approximate surface area is 187 Å². The molecule has 7 nitrogen and oxygen atoms in total. The Hall–Kier alpha value is -2.17. The predicted molar refractivity (Wildman–Crippen MR) is 117 cm³/mol. The molecule has 1 saturated heterocycles. The minimum absolute atomic E-state index is 0.0208. The summed E-state index contributed by atoms with van der Waals surface area (Å²) >= 11 is 0. The third-order valence-electron chi connectivity index (χ3n) is 5.03. The van der Waals surface area contributed by atoms with Gasteiger partial charge in [-0.05, 0) is 30.0 Å². The average Bonchev–Trinajstić information content (AvgIpc) is 2.67. The first-order valence-electron chi connectivity index (χ1n) is 10.8. The highest BCUT2D eigenvalue weighted by atomic mass is 19.4. The summed E-state index contributed by atoms with van der Waals surface area (Å²) in [6, 6.07) is 2.70. The van der Waals surface area contributed by atoms with Crippen molar-refractivity contribution >= 4 is 23.2 Å². The predicted octanol–water partition coefficient (Wildman–Crippen LogP) is 2.95. The molecule has 1 aliphatic rings. The fraction of sp³-hybridized carbons (Fsp3) is 0.636. The second-order valence-electron chi connectivity index (χ2n) is 8.81. The van der Waals surface area contributed by atoms with Crippen molar-refractivity contribution in [2.45, 2.75) is 39.9 Å². The van der Waals surface area contributed by atoms with E-state index in [1.165, 1.54) is 17.0 Å². The molecule has 0 aromatic heterocycles. The maximum atomic E-state index is 13.8. The lowest BCUT2D eigenvalue weighted by atomic mass is 10.1. The number of carbonyl (C=O) groups excluding carboxylic acids is 2. The van der Waals surface area contributed by atoms with Crippen molar-refractivity contribution in [2.75, 3.05) is 49.6 Å². The van der Waals surface area contributed by atoms with Gasteiger partial charge in [0.15, 0.2) is 0 Å². The fourth-order valence-corrected chi connectivity index (χ4v) is 3.74. The van der Waals surface area contributed by atoms with Gasteiger partial charge in [-0.1, -0.05) is 27.7 Å². The molecule has 1 aromatic carbocycles. The maximum absolute atomic E-state index is 13.8. The Bertz CT molecular complexity index is 789. The Kier molecular flexibility index (Phi) is 9.06. The third-order valence-corrected chi connectivity index (χ3v) is 5.03. The minimum atomic E-state index is -4.72. The number of alkyl halides is 3. The van der Waals surface area contributed by atoms with Gasteiger partial charge < -0.3 is 20.7 Å². The monoisotopic (exact) mass is 458 g/mol. The van der Waals surface area contributed by atoms with E-state index in [1.54, 1.807) is 0 Å². The van der Waals surface area contributed by atoms with Crippen LogP contribution in [0.3, 0.4) is 0 Å². The summed E-state index contributed by atoms with van der Waals surface area (Å²) in [7, 11) is 0. The average molecular weight is 459 g/mol. The molecular formula is C22H33F3N4O3. The summed E-state index contributed by atoms with van der Waals surface area (Å²) in [5.41, 5.74) is 4.59. The number of carbonyl (C=O) groups is 2. The highest BCUT2D eigenvalue weighted by Crippen LogP contribution is 2.37. The van der Waals surface area contributed by atoms with Crippen LogP contribution in [0.1, 0.15) is 33.3 Å². The smallest absolute Gasteiger partial charge is 0.370 e. The largest absolute Gasteiger partial charge is 0.418 e. The lowest BCUT2D eigenvalue weighted by molar-refractivity contribution is -0.137. The number of hydrogen-bond acceptors (Lipinski definition) is 5. The zero-order valence-electron chi connectivity index (χ0n) is 19.0. The van der Waals surface area contributed by atoms with Crippen LogP contribution < -0.4 is 16.0 Å². The van der Waals surface area contributed by atoms with Crippen LogP contribution in [-0.2, 0) is 20.5 Å². The molecule has 2 rings (SSSR count). The molecule has 0 aliphatic carbocycles. The van der Waals surface area contributed by atoms with Crippen molar-refractivity contribution in [3.63, 3.8) is 0 Å². The van der Waals surface area contributed by atoms with Crippen molar-refractivity contribution in [3.05, 3.63) is 23.8 Å². The highest BCUT2D eigenvalue weighted by Gasteiger charge is 2.36. The number of nitrogens with zero attached hydrogens (tertiary/aromatic N) is 2. The van der Waals surface area contributed by atoms with Crippen LogP contribution in [0.4, 0.5) is 24.5 Å². The Morgan fingerprint density at radius 2 is 1.84 bits per heavy atom. The molecule has 1 fully saturated rings. The molecule has 3 N–H and O–H groups in total. The highest BCUT2D eigenvalue weighted by molar-refractivity contribution is 5.98. The van der Waals surface area contributed by atoms with Crippen molar-refractivity contribution < 1.29 is 27.5 Å². The van der Waals surface area contributed by atoms with Gasteiger partial charge in [0.25, 0.3) is 5.91 Å². The number of amides is 2. The van der Waals surface area contributed by atoms with Gasteiger partial charge in [-0.3, -0.25) is 14.5 Å². The number of benzene rings is 1. The van der Waals surface area contributed by atoms with E-state index in [2.05, 4.69) is 5.32 Å². The van der Waals surface area contributed by atoms with Gasteiger partial charge in [0.05, 0.1) is 17.9 Å². The lowest BCUT2D eigenvalue weighted by Crippen LogP contribution is -2.51.